The molecular formula is C18H18Cl2N2. The number of nitrogens with zero attached hydrogens (tertiary/aromatic N) is 2. The molecule has 3 aliphatic rings. The van der Waals surface area contributed by atoms with Gasteiger partial charge in [0.25, 0.3) is 0 Å². The first-order valence-electron chi connectivity index (χ1n) is 7.75. The Kier molecular flexibility index (Phi) is 3.67. The normalized spacial score (nSPS) is 23.9. The average Bonchev–Trinajstić information content (AvgIpc) is 2.55. The Morgan fingerprint density at radius 2 is 1.18 bits per heavy atom. The quantitative estimate of drug-likeness (QED) is 0.775. The SMILES string of the molecule is Clc1cccc(N2CC3CCC2CN3c2cccc(Cl)c2)c1. The number of hydrogen-bond donors (Lipinski definition) is 0. The highest BCUT2D eigenvalue weighted by Gasteiger charge is 2.39. The van der Waals surface area contributed by atoms with E-state index in [0.29, 0.717) is 12.1 Å². The number of benzene rings is 2. The van der Waals surface area contributed by atoms with Crippen molar-refractivity contribution in [3.8, 4) is 0 Å². The van der Waals surface area contributed by atoms with Gasteiger partial charge in [-0.15, -0.1) is 0 Å². The highest BCUT2D eigenvalue weighted by atomic mass is 35.5. The van der Waals surface area contributed by atoms with Crippen LogP contribution in [0.2, 0.25) is 10.0 Å². The molecule has 0 aromatic heterocycles. The summed E-state index contributed by atoms with van der Waals surface area (Å²) in [5.41, 5.74) is 2.49. The van der Waals surface area contributed by atoms with Gasteiger partial charge in [-0.1, -0.05) is 35.3 Å². The molecule has 0 amide bonds. The molecule has 5 rings (SSSR count). The first kappa shape index (κ1) is 14.2. The van der Waals surface area contributed by atoms with E-state index < -0.39 is 0 Å². The summed E-state index contributed by atoms with van der Waals surface area (Å²) < 4.78 is 0. The van der Waals surface area contributed by atoms with Crippen molar-refractivity contribution < 1.29 is 0 Å². The first-order chi connectivity index (χ1) is 10.7. The van der Waals surface area contributed by atoms with Crippen molar-refractivity contribution in [2.45, 2.75) is 24.9 Å². The molecule has 2 unspecified atom stereocenters. The highest BCUT2D eigenvalue weighted by Crippen LogP contribution is 2.36. The van der Waals surface area contributed by atoms with Gasteiger partial charge in [0, 0.05) is 46.6 Å². The second-order valence-corrected chi connectivity index (χ2v) is 7.02. The summed E-state index contributed by atoms with van der Waals surface area (Å²) in [6.45, 7) is 2.11. The van der Waals surface area contributed by atoms with E-state index in [1.807, 2.05) is 24.3 Å². The summed E-state index contributed by atoms with van der Waals surface area (Å²) in [4.78, 5) is 5.03. The molecule has 114 valence electrons. The molecule has 3 aliphatic heterocycles. The molecule has 0 saturated carbocycles. The van der Waals surface area contributed by atoms with Crippen molar-refractivity contribution in [3.63, 3.8) is 0 Å². The third kappa shape index (κ3) is 2.55. The van der Waals surface area contributed by atoms with Gasteiger partial charge in [-0.3, -0.25) is 0 Å². The lowest BCUT2D eigenvalue weighted by Crippen LogP contribution is -2.63. The maximum Gasteiger partial charge on any atom is 0.0466 e. The standard InChI is InChI=1S/C18H18Cl2N2/c19-13-3-1-5-15(9-13)21-11-18-8-7-17(21)12-22(18)16-6-2-4-14(20)10-16/h1-6,9-10,17-18H,7-8,11-12H2. The summed E-state index contributed by atoms with van der Waals surface area (Å²) in [5.74, 6) is 0. The van der Waals surface area contributed by atoms with E-state index in [1.54, 1.807) is 0 Å². The molecule has 22 heavy (non-hydrogen) atoms. The third-order valence-corrected chi connectivity index (χ3v) is 5.28. The second kappa shape index (κ2) is 5.68. The Hall–Kier alpha value is -1.38. The maximum absolute atomic E-state index is 6.16. The zero-order chi connectivity index (χ0) is 15.1. The molecule has 0 N–H and O–H groups in total. The van der Waals surface area contributed by atoms with Crippen molar-refractivity contribution in [1.82, 2.24) is 0 Å². The van der Waals surface area contributed by atoms with E-state index in [4.69, 9.17) is 23.2 Å². The van der Waals surface area contributed by atoms with Crippen LogP contribution < -0.4 is 9.80 Å². The second-order valence-electron chi connectivity index (χ2n) is 6.15. The Bertz CT molecular complexity index is 629. The topological polar surface area (TPSA) is 6.48 Å². The molecule has 0 spiro atoms. The summed E-state index contributed by atoms with van der Waals surface area (Å²) in [6, 6.07) is 17.5. The Labute approximate surface area is 141 Å². The Balaban J connectivity index is 1.59. The molecule has 3 heterocycles. The van der Waals surface area contributed by atoms with Crippen LogP contribution in [0.3, 0.4) is 0 Å². The molecule has 3 saturated heterocycles. The van der Waals surface area contributed by atoms with Crippen LogP contribution in [-0.2, 0) is 0 Å². The molecule has 2 aromatic carbocycles. The fourth-order valence-corrected chi connectivity index (χ4v) is 4.14. The minimum absolute atomic E-state index is 0.544. The fourth-order valence-electron chi connectivity index (χ4n) is 3.77. The number of anilines is 2. The van der Waals surface area contributed by atoms with Gasteiger partial charge in [-0.25, -0.2) is 0 Å². The van der Waals surface area contributed by atoms with E-state index in [0.717, 1.165) is 23.1 Å². The number of piperidine rings is 2. The first-order valence-corrected chi connectivity index (χ1v) is 8.51. The largest absolute Gasteiger partial charge is 0.365 e. The van der Waals surface area contributed by atoms with Gasteiger partial charge in [0.2, 0.25) is 0 Å². The van der Waals surface area contributed by atoms with Crippen LogP contribution in [0.25, 0.3) is 0 Å². The van der Waals surface area contributed by atoms with E-state index in [1.165, 1.54) is 24.2 Å². The molecule has 0 aliphatic carbocycles. The van der Waals surface area contributed by atoms with Crippen LogP contribution in [0, 0.1) is 0 Å². The predicted octanol–water partition coefficient (Wildman–Crippen LogP) is 4.85. The Morgan fingerprint density at radius 3 is 1.55 bits per heavy atom. The average molecular weight is 333 g/mol. The summed E-state index contributed by atoms with van der Waals surface area (Å²) >= 11 is 12.3. The number of hydrogen-bond acceptors (Lipinski definition) is 2. The zero-order valence-electron chi connectivity index (χ0n) is 12.3. The number of fused-ring (bicyclic) bond motifs is 3. The van der Waals surface area contributed by atoms with Crippen LogP contribution >= 0.6 is 23.2 Å². The van der Waals surface area contributed by atoms with Crippen LogP contribution in [-0.4, -0.2) is 25.2 Å². The van der Waals surface area contributed by atoms with Gasteiger partial charge in [0.1, 0.15) is 0 Å². The van der Waals surface area contributed by atoms with Crippen LogP contribution in [0.4, 0.5) is 11.4 Å². The van der Waals surface area contributed by atoms with E-state index in [2.05, 4.69) is 34.1 Å². The summed E-state index contributed by atoms with van der Waals surface area (Å²) in [7, 11) is 0. The van der Waals surface area contributed by atoms with Crippen LogP contribution in [0.15, 0.2) is 48.5 Å². The van der Waals surface area contributed by atoms with Gasteiger partial charge in [0.05, 0.1) is 0 Å². The van der Waals surface area contributed by atoms with Gasteiger partial charge in [-0.05, 0) is 49.2 Å². The lowest BCUT2D eigenvalue weighted by atomic mass is 9.89. The van der Waals surface area contributed by atoms with E-state index >= 15 is 0 Å². The summed E-state index contributed by atoms with van der Waals surface area (Å²) in [5, 5.41) is 1.62. The van der Waals surface area contributed by atoms with Crippen molar-refractivity contribution in [3.05, 3.63) is 58.6 Å². The lowest BCUT2D eigenvalue weighted by molar-refractivity contribution is 0.334. The van der Waals surface area contributed by atoms with Crippen LogP contribution in [0.1, 0.15) is 12.8 Å². The van der Waals surface area contributed by atoms with Crippen molar-refractivity contribution >= 4 is 34.6 Å². The van der Waals surface area contributed by atoms with Crippen molar-refractivity contribution in [1.29, 1.82) is 0 Å². The monoisotopic (exact) mass is 332 g/mol. The molecule has 3 fully saturated rings. The minimum atomic E-state index is 0.544. The highest BCUT2D eigenvalue weighted by molar-refractivity contribution is 6.31. The molecule has 4 heteroatoms. The molecule has 2 aromatic rings. The van der Waals surface area contributed by atoms with Crippen molar-refractivity contribution in [2.24, 2.45) is 0 Å². The summed E-state index contributed by atoms with van der Waals surface area (Å²) in [6.07, 6.45) is 2.49. The molecule has 2 nitrogen and oxygen atoms in total. The maximum atomic E-state index is 6.16. The van der Waals surface area contributed by atoms with Gasteiger partial charge in [-0.2, -0.15) is 0 Å². The minimum Gasteiger partial charge on any atom is -0.365 e. The number of piperazine rings is 1. The Morgan fingerprint density at radius 1 is 0.727 bits per heavy atom. The van der Waals surface area contributed by atoms with Gasteiger partial charge in [0.15, 0.2) is 0 Å². The fraction of sp³-hybridized carbons (Fsp3) is 0.333. The lowest BCUT2D eigenvalue weighted by Gasteiger charge is -2.53. The number of rotatable bonds is 2. The third-order valence-electron chi connectivity index (χ3n) is 4.81. The predicted molar refractivity (Wildman–Crippen MR) is 94.4 cm³/mol. The molecular weight excluding hydrogens is 315 g/mol. The smallest absolute Gasteiger partial charge is 0.0466 e. The number of halogens is 2. The van der Waals surface area contributed by atoms with Crippen LogP contribution in [0.5, 0.6) is 0 Å². The molecule has 0 radical (unpaired) electrons. The van der Waals surface area contributed by atoms with Crippen molar-refractivity contribution in [2.75, 3.05) is 22.9 Å². The molecule has 2 atom stereocenters. The van der Waals surface area contributed by atoms with Gasteiger partial charge >= 0.3 is 0 Å². The molecule has 2 bridgehead atoms. The zero-order valence-corrected chi connectivity index (χ0v) is 13.8. The van der Waals surface area contributed by atoms with Gasteiger partial charge < -0.3 is 9.80 Å². The van der Waals surface area contributed by atoms with E-state index in [-0.39, 0.29) is 0 Å². The van der Waals surface area contributed by atoms with E-state index in [9.17, 15) is 0 Å².